The molecule has 0 spiro atoms. The van der Waals surface area contributed by atoms with E-state index < -0.39 is 6.09 Å². The number of aryl methyl sites for hydroxylation is 2. The average Bonchev–Trinajstić information content (AvgIpc) is 3.46. The van der Waals surface area contributed by atoms with Gasteiger partial charge >= 0.3 is 6.09 Å². The molecule has 0 bridgehead atoms. The molecule has 2 N–H and O–H groups in total. The van der Waals surface area contributed by atoms with Crippen molar-refractivity contribution in [2.75, 3.05) is 45.6 Å². The van der Waals surface area contributed by atoms with Gasteiger partial charge in [-0.25, -0.2) is 19.7 Å². The predicted octanol–water partition coefficient (Wildman–Crippen LogP) is 2.04. The lowest BCUT2D eigenvalue weighted by Crippen LogP contribution is -2.52. The summed E-state index contributed by atoms with van der Waals surface area (Å²) < 4.78 is 1.99. The number of nitrogens with one attached hydrogen (secondary N) is 1. The lowest BCUT2D eigenvalue weighted by molar-refractivity contribution is -0.125. The number of carbonyl (C=O) groups is 2. The molecule has 0 aromatic carbocycles. The van der Waals surface area contributed by atoms with Gasteiger partial charge in [0.15, 0.2) is 11.5 Å². The maximum atomic E-state index is 12.6. The number of anilines is 1. The first-order valence-corrected chi connectivity index (χ1v) is 12.3. The van der Waals surface area contributed by atoms with Crippen LogP contribution >= 0.6 is 0 Å². The summed E-state index contributed by atoms with van der Waals surface area (Å²) in [5.41, 5.74) is 1.53. The van der Waals surface area contributed by atoms with E-state index in [1.807, 2.05) is 48.4 Å². The van der Waals surface area contributed by atoms with Crippen LogP contribution in [0.5, 0.6) is 0 Å². The number of imidazole rings is 1. The highest BCUT2D eigenvalue weighted by atomic mass is 16.4. The average molecular weight is 485 g/mol. The molecule has 2 aromatic heterocycles. The summed E-state index contributed by atoms with van der Waals surface area (Å²) in [4.78, 5) is 43.7. The van der Waals surface area contributed by atoms with Gasteiger partial charge in [-0.15, -0.1) is 0 Å². The fourth-order valence-electron chi connectivity index (χ4n) is 5.16. The van der Waals surface area contributed by atoms with E-state index in [0.29, 0.717) is 50.7 Å². The zero-order valence-corrected chi connectivity index (χ0v) is 21.0. The molecule has 2 saturated heterocycles. The van der Waals surface area contributed by atoms with Crippen LogP contribution in [0, 0.1) is 12.8 Å². The molecule has 11 heteroatoms. The number of carbonyl (C=O) groups excluding carboxylic acids is 1. The van der Waals surface area contributed by atoms with E-state index in [-0.39, 0.29) is 23.9 Å². The second-order valence-electron chi connectivity index (χ2n) is 9.73. The molecule has 3 unspecified atom stereocenters. The number of amides is 2. The fourth-order valence-corrected chi connectivity index (χ4v) is 5.16. The first-order valence-electron chi connectivity index (χ1n) is 12.3. The zero-order valence-electron chi connectivity index (χ0n) is 21.0. The Morgan fingerprint density at radius 3 is 2.77 bits per heavy atom. The number of hydrogen-bond donors (Lipinski definition) is 2. The predicted molar refractivity (Wildman–Crippen MR) is 133 cm³/mol. The number of piperidine rings is 1. The minimum Gasteiger partial charge on any atom is -0.465 e. The lowest BCUT2D eigenvalue weighted by atomic mass is 9.87. The van der Waals surface area contributed by atoms with Crippen molar-refractivity contribution in [1.29, 1.82) is 0 Å². The molecule has 4 heterocycles. The van der Waals surface area contributed by atoms with E-state index in [9.17, 15) is 14.7 Å². The quantitative estimate of drug-likeness (QED) is 0.573. The summed E-state index contributed by atoms with van der Waals surface area (Å²) in [7, 11) is 3.91. The van der Waals surface area contributed by atoms with Gasteiger partial charge in [0.2, 0.25) is 5.91 Å². The molecule has 2 aromatic rings. The van der Waals surface area contributed by atoms with Crippen LogP contribution in [-0.2, 0) is 11.3 Å². The number of fused-ring (bicyclic) bond motifs is 1. The van der Waals surface area contributed by atoms with Crippen LogP contribution < -0.4 is 5.32 Å². The van der Waals surface area contributed by atoms with E-state index in [4.69, 9.17) is 0 Å². The normalized spacial score (nSPS) is 23.1. The molecule has 11 nitrogen and oxygen atoms in total. The Balaban J connectivity index is 1.47. The van der Waals surface area contributed by atoms with Gasteiger partial charge in [0.05, 0.1) is 6.33 Å². The van der Waals surface area contributed by atoms with Crippen molar-refractivity contribution in [2.45, 2.75) is 51.7 Å². The van der Waals surface area contributed by atoms with Gasteiger partial charge in [0.25, 0.3) is 0 Å². The molecule has 4 rings (SSSR count). The molecular weight excluding hydrogens is 448 g/mol. The van der Waals surface area contributed by atoms with E-state index in [1.54, 1.807) is 17.3 Å². The highest BCUT2D eigenvalue weighted by Crippen LogP contribution is 2.32. The molecule has 0 aliphatic carbocycles. The number of aromatic nitrogens is 4. The second-order valence-corrected chi connectivity index (χ2v) is 9.73. The van der Waals surface area contributed by atoms with Crippen LogP contribution in [0.3, 0.4) is 0 Å². The molecule has 0 saturated carbocycles. The Morgan fingerprint density at radius 1 is 1.26 bits per heavy atom. The third-order valence-corrected chi connectivity index (χ3v) is 6.96. The molecule has 3 atom stereocenters. The third kappa shape index (κ3) is 5.55. The molecule has 35 heavy (non-hydrogen) atoms. The Hall–Kier alpha value is -3.21. The monoisotopic (exact) mass is 484 g/mol. The number of hydrogen-bond acceptors (Lipinski definition) is 7. The Bertz CT molecular complexity index is 1100. The van der Waals surface area contributed by atoms with E-state index >= 15 is 0 Å². The van der Waals surface area contributed by atoms with Crippen molar-refractivity contribution >= 4 is 29.0 Å². The largest absolute Gasteiger partial charge is 0.465 e. The zero-order chi connectivity index (χ0) is 25.1. The minimum absolute atomic E-state index is 0.00734. The van der Waals surface area contributed by atoms with Crippen LogP contribution in [0.2, 0.25) is 0 Å². The van der Waals surface area contributed by atoms with Crippen LogP contribution in [0.15, 0.2) is 18.5 Å². The molecule has 190 valence electrons. The first-order chi connectivity index (χ1) is 16.8. The van der Waals surface area contributed by atoms with Crippen LogP contribution in [0.25, 0.3) is 11.2 Å². The van der Waals surface area contributed by atoms with E-state index in [2.05, 4.69) is 20.3 Å². The molecule has 0 radical (unpaired) electrons. The van der Waals surface area contributed by atoms with Crippen LogP contribution in [-0.4, -0.2) is 104 Å². The Morgan fingerprint density at radius 2 is 2.06 bits per heavy atom. The smallest absolute Gasteiger partial charge is 0.407 e. The summed E-state index contributed by atoms with van der Waals surface area (Å²) in [5, 5.41) is 13.4. The number of nitrogens with zero attached hydrogens (tertiary/aromatic N) is 7. The highest BCUT2D eigenvalue weighted by Gasteiger charge is 2.40. The van der Waals surface area contributed by atoms with Crippen molar-refractivity contribution in [1.82, 2.24) is 34.2 Å². The van der Waals surface area contributed by atoms with Crippen molar-refractivity contribution in [2.24, 2.45) is 5.92 Å². The van der Waals surface area contributed by atoms with Gasteiger partial charge in [0.1, 0.15) is 11.3 Å². The highest BCUT2D eigenvalue weighted by molar-refractivity contribution is 5.87. The third-order valence-electron chi connectivity index (χ3n) is 6.96. The van der Waals surface area contributed by atoms with Gasteiger partial charge in [-0.2, -0.15) is 0 Å². The Labute approximate surface area is 205 Å². The van der Waals surface area contributed by atoms with Crippen molar-refractivity contribution in [3.05, 3.63) is 24.3 Å². The topological polar surface area (TPSA) is 120 Å². The number of carboxylic acid groups (broad SMARTS) is 1. The van der Waals surface area contributed by atoms with Gasteiger partial charge < -0.3 is 29.7 Å². The molecule has 2 aliphatic heterocycles. The summed E-state index contributed by atoms with van der Waals surface area (Å²) in [6, 6.07) is -0.0986. The van der Waals surface area contributed by atoms with Gasteiger partial charge in [0, 0.05) is 50.9 Å². The maximum Gasteiger partial charge on any atom is 0.407 e. The number of likely N-dealkylation sites (N-methyl/N-ethyl adjacent to an activating group) is 1. The van der Waals surface area contributed by atoms with E-state index in [1.165, 1.54) is 0 Å². The van der Waals surface area contributed by atoms with Crippen molar-refractivity contribution in [3.63, 3.8) is 0 Å². The standard InChI is InChI=1S/C24H36N8O3/c1-5-30-15-25-21-22(26-16(2)27-23(21)30)28-18-9-12-32(24(34)35)19(13-18)17-8-11-31(14-17)20(33)7-6-10-29(3)4/h6-7,15,17-19H,5,8-14H2,1-4H3,(H,34,35)(H,26,27,28)/b7-6+. The summed E-state index contributed by atoms with van der Waals surface area (Å²) in [6.45, 7) is 7.06. The fraction of sp³-hybridized carbons (Fsp3) is 0.625. The molecule has 2 amide bonds. The van der Waals surface area contributed by atoms with Crippen molar-refractivity contribution < 1.29 is 14.7 Å². The van der Waals surface area contributed by atoms with Crippen molar-refractivity contribution in [3.8, 4) is 0 Å². The maximum absolute atomic E-state index is 12.6. The lowest BCUT2D eigenvalue weighted by Gasteiger charge is -2.41. The molecule has 2 aliphatic rings. The van der Waals surface area contributed by atoms with Gasteiger partial charge in [-0.3, -0.25) is 4.79 Å². The van der Waals surface area contributed by atoms with Gasteiger partial charge in [-0.05, 0) is 53.1 Å². The molecule has 2 fully saturated rings. The Kier molecular flexibility index (Phi) is 7.54. The summed E-state index contributed by atoms with van der Waals surface area (Å²) in [6.07, 6.45) is 6.51. The van der Waals surface area contributed by atoms with Gasteiger partial charge in [-0.1, -0.05) is 6.08 Å². The first kappa shape index (κ1) is 24.9. The SMILES string of the molecule is CCn1cnc2c(NC3CCN(C(=O)O)C(C4CCN(C(=O)/C=C/CN(C)C)C4)C3)nc(C)nc21. The number of likely N-dealkylation sites (tertiary alicyclic amines) is 2. The van der Waals surface area contributed by atoms with Crippen LogP contribution in [0.4, 0.5) is 10.6 Å². The summed E-state index contributed by atoms with van der Waals surface area (Å²) in [5.74, 6) is 1.46. The second kappa shape index (κ2) is 10.6. The van der Waals surface area contributed by atoms with E-state index in [0.717, 1.165) is 24.1 Å². The summed E-state index contributed by atoms with van der Waals surface area (Å²) >= 11 is 0. The van der Waals surface area contributed by atoms with Crippen LogP contribution in [0.1, 0.15) is 32.0 Å². The number of rotatable bonds is 7. The molecular formula is C24H36N8O3. The minimum atomic E-state index is -0.897.